The van der Waals surface area contributed by atoms with Crippen molar-refractivity contribution in [3.05, 3.63) is 67.8 Å². The molecule has 2 aromatic carbocycles. The van der Waals surface area contributed by atoms with Crippen LogP contribution in [-0.4, -0.2) is 20.7 Å². The number of nitrogens with one attached hydrogen (secondary N) is 1. The predicted octanol–water partition coefficient (Wildman–Crippen LogP) is 4.71. The van der Waals surface area contributed by atoms with E-state index in [0.717, 1.165) is 47.7 Å². The van der Waals surface area contributed by atoms with Crippen molar-refractivity contribution in [2.75, 3.05) is 5.32 Å². The van der Waals surface area contributed by atoms with Crippen LogP contribution in [0.3, 0.4) is 0 Å². The first-order chi connectivity index (χ1) is 13.4. The van der Waals surface area contributed by atoms with E-state index in [4.69, 9.17) is 0 Å². The number of thiazole rings is 1. The maximum Gasteiger partial charge on any atom is 0.277 e. The van der Waals surface area contributed by atoms with Crippen LogP contribution in [-0.2, 0) is 6.42 Å². The summed E-state index contributed by atoms with van der Waals surface area (Å²) in [4.78, 5) is 37.2. The lowest BCUT2D eigenvalue weighted by Gasteiger charge is -2.02. The lowest BCUT2D eigenvalue weighted by Crippen LogP contribution is -2.12. The predicted molar refractivity (Wildman–Crippen MR) is 106 cm³/mol. The summed E-state index contributed by atoms with van der Waals surface area (Å²) in [6, 6.07) is 8.71. The molecule has 0 saturated heterocycles. The van der Waals surface area contributed by atoms with Crippen molar-refractivity contribution in [3.63, 3.8) is 0 Å². The van der Waals surface area contributed by atoms with Crippen molar-refractivity contribution < 1.29 is 14.6 Å². The minimum atomic E-state index is -0.778. The van der Waals surface area contributed by atoms with Gasteiger partial charge in [-0.1, -0.05) is 30.7 Å². The van der Waals surface area contributed by atoms with Gasteiger partial charge in [0.15, 0.2) is 5.13 Å². The molecule has 0 saturated carbocycles. The van der Waals surface area contributed by atoms with Gasteiger partial charge in [-0.15, -0.1) is 0 Å². The van der Waals surface area contributed by atoms with Gasteiger partial charge in [0.2, 0.25) is 0 Å². The Morgan fingerprint density at radius 3 is 2.39 bits per heavy atom. The van der Waals surface area contributed by atoms with E-state index in [1.807, 2.05) is 18.2 Å². The highest BCUT2D eigenvalue weighted by Crippen LogP contribution is 2.29. The Labute approximate surface area is 163 Å². The Balaban J connectivity index is 1.86. The second-order valence-electron chi connectivity index (χ2n) is 6.13. The molecule has 0 aliphatic heterocycles. The average Bonchev–Trinajstić information content (AvgIpc) is 3.07. The number of rotatable bonds is 7. The third kappa shape index (κ3) is 4.29. The Morgan fingerprint density at radius 2 is 1.79 bits per heavy atom. The highest BCUT2D eigenvalue weighted by Gasteiger charge is 2.20. The van der Waals surface area contributed by atoms with Crippen LogP contribution >= 0.6 is 11.3 Å². The summed E-state index contributed by atoms with van der Waals surface area (Å²) < 4.78 is 0.911. The fraction of sp³-hybridized carbons (Fsp3) is 0.222. The SMILES string of the molecule is CCCCc1ccc2nc(NC(=O)c3cc([N+](=O)[O-])cc([N+](=O)[O-])c3)sc2c1. The fourth-order valence-corrected chi connectivity index (χ4v) is 3.59. The molecule has 0 radical (unpaired) electrons. The molecule has 1 aromatic heterocycles. The summed E-state index contributed by atoms with van der Waals surface area (Å²) in [5.74, 6) is -0.697. The molecule has 1 heterocycles. The Morgan fingerprint density at radius 1 is 1.11 bits per heavy atom. The molecular weight excluding hydrogens is 384 g/mol. The minimum absolute atomic E-state index is 0.177. The summed E-state index contributed by atoms with van der Waals surface area (Å²) in [6.07, 6.45) is 3.14. The number of carbonyl (C=O) groups excluding carboxylic acids is 1. The maximum absolute atomic E-state index is 12.5. The van der Waals surface area contributed by atoms with Gasteiger partial charge in [0, 0.05) is 12.1 Å². The molecule has 3 rings (SSSR count). The van der Waals surface area contributed by atoms with Gasteiger partial charge >= 0.3 is 0 Å². The van der Waals surface area contributed by atoms with Crippen molar-refractivity contribution in [1.29, 1.82) is 0 Å². The molecule has 0 fully saturated rings. The molecule has 1 amide bonds. The first-order valence-corrected chi connectivity index (χ1v) is 9.33. The van der Waals surface area contributed by atoms with E-state index < -0.39 is 27.1 Å². The van der Waals surface area contributed by atoms with Gasteiger partial charge < -0.3 is 0 Å². The van der Waals surface area contributed by atoms with Gasteiger partial charge in [-0.25, -0.2) is 4.98 Å². The van der Waals surface area contributed by atoms with E-state index in [1.54, 1.807) is 0 Å². The second-order valence-corrected chi connectivity index (χ2v) is 7.16. The van der Waals surface area contributed by atoms with Crippen molar-refractivity contribution in [2.24, 2.45) is 0 Å². The van der Waals surface area contributed by atoms with Gasteiger partial charge in [-0.2, -0.15) is 0 Å². The van der Waals surface area contributed by atoms with Crippen molar-refractivity contribution >= 4 is 44.0 Å². The number of unbranched alkanes of at least 4 members (excludes halogenated alkanes) is 1. The lowest BCUT2D eigenvalue weighted by molar-refractivity contribution is -0.394. The van der Waals surface area contributed by atoms with E-state index in [9.17, 15) is 25.0 Å². The fourth-order valence-electron chi connectivity index (χ4n) is 2.67. The highest BCUT2D eigenvalue weighted by atomic mass is 32.1. The first-order valence-electron chi connectivity index (χ1n) is 8.52. The molecule has 3 aromatic rings. The summed E-state index contributed by atoms with van der Waals surface area (Å²) in [7, 11) is 0. The van der Waals surface area contributed by atoms with Crippen LogP contribution in [0.4, 0.5) is 16.5 Å². The maximum atomic E-state index is 12.5. The van der Waals surface area contributed by atoms with E-state index in [0.29, 0.717) is 5.13 Å². The Kier molecular flexibility index (Phi) is 5.59. The van der Waals surface area contributed by atoms with Crippen LogP contribution < -0.4 is 5.32 Å². The normalized spacial score (nSPS) is 10.8. The zero-order valence-electron chi connectivity index (χ0n) is 14.9. The summed E-state index contributed by atoms with van der Waals surface area (Å²) in [6.45, 7) is 2.12. The number of fused-ring (bicyclic) bond motifs is 1. The number of nitro groups is 2. The number of hydrogen-bond acceptors (Lipinski definition) is 7. The summed E-state index contributed by atoms with van der Waals surface area (Å²) >= 11 is 1.28. The number of nitro benzene ring substituents is 2. The third-order valence-electron chi connectivity index (χ3n) is 4.08. The second kappa shape index (κ2) is 8.09. The zero-order valence-corrected chi connectivity index (χ0v) is 15.7. The molecule has 0 atom stereocenters. The number of aryl methyl sites for hydroxylation is 1. The van der Waals surface area contributed by atoms with Crippen molar-refractivity contribution in [1.82, 2.24) is 4.98 Å². The van der Waals surface area contributed by atoms with Crippen molar-refractivity contribution in [3.8, 4) is 0 Å². The smallest absolute Gasteiger partial charge is 0.277 e. The first kappa shape index (κ1) is 19.4. The molecule has 1 N–H and O–H groups in total. The Bertz CT molecular complexity index is 1050. The van der Waals surface area contributed by atoms with Crippen LogP contribution in [0.25, 0.3) is 10.2 Å². The van der Waals surface area contributed by atoms with Gasteiger partial charge in [0.25, 0.3) is 17.3 Å². The molecule has 9 nitrogen and oxygen atoms in total. The lowest BCUT2D eigenvalue weighted by atomic mass is 10.1. The molecular formula is C18H16N4O5S. The zero-order chi connectivity index (χ0) is 20.3. The monoisotopic (exact) mass is 400 g/mol. The van der Waals surface area contributed by atoms with Gasteiger partial charge in [-0.3, -0.25) is 30.3 Å². The van der Waals surface area contributed by atoms with Gasteiger partial charge in [-0.05, 0) is 30.5 Å². The molecule has 0 aliphatic rings. The van der Waals surface area contributed by atoms with Gasteiger partial charge in [0.1, 0.15) is 0 Å². The van der Waals surface area contributed by atoms with E-state index in [2.05, 4.69) is 17.2 Å². The number of non-ortho nitro benzene ring substituents is 2. The number of carbonyl (C=O) groups is 1. The largest absolute Gasteiger partial charge is 0.298 e. The molecule has 0 bridgehead atoms. The summed E-state index contributed by atoms with van der Waals surface area (Å²) in [5.41, 5.74) is 0.688. The molecule has 10 heteroatoms. The van der Waals surface area contributed by atoms with E-state index >= 15 is 0 Å². The van der Waals surface area contributed by atoms with Crippen LogP contribution in [0.1, 0.15) is 35.7 Å². The third-order valence-corrected chi connectivity index (χ3v) is 5.01. The number of nitrogens with zero attached hydrogens (tertiary/aromatic N) is 3. The van der Waals surface area contributed by atoms with Gasteiger partial charge in [0.05, 0.1) is 31.7 Å². The topological polar surface area (TPSA) is 128 Å². The van der Waals surface area contributed by atoms with Crippen LogP contribution in [0, 0.1) is 20.2 Å². The molecule has 0 spiro atoms. The number of aromatic nitrogens is 1. The summed E-state index contributed by atoms with van der Waals surface area (Å²) in [5, 5.41) is 24.8. The molecule has 28 heavy (non-hydrogen) atoms. The molecule has 0 unspecified atom stereocenters. The van der Waals surface area contributed by atoms with Crippen LogP contribution in [0.15, 0.2) is 36.4 Å². The van der Waals surface area contributed by atoms with Crippen molar-refractivity contribution in [2.45, 2.75) is 26.2 Å². The standard InChI is InChI=1S/C18H16N4O5S/c1-2-3-4-11-5-6-15-16(7-11)28-18(19-15)20-17(23)12-8-13(21(24)25)10-14(9-12)22(26)27/h5-10H,2-4H2,1H3,(H,19,20,23). The number of anilines is 1. The number of benzene rings is 2. The van der Waals surface area contributed by atoms with Crippen LogP contribution in [0.2, 0.25) is 0 Å². The van der Waals surface area contributed by atoms with Crippen LogP contribution in [0.5, 0.6) is 0 Å². The minimum Gasteiger partial charge on any atom is -0.298 e. The highest BCUT2D eigenvalue weighted by molar-refractivity contribution is 7.22. The number of hydrogen-bond donors (Lipinski definition) is 1. The number of amides is 1. The average molecular weight is 400 g/mol. The van der Waals surface area contributed by atoms with E-state index in [1.165, 1.54) is 16.9 Å². The quantitative estimate of drug-likeness (QED) is 0.452. The van der Waals surface area contributed by atoms with E-state index in [-0.39, 0.29) is 5.56 Å². The molecule has 144 valence electrons. The molecule has 0 aliphatic carbocycles. The Hall–Kier alpha value is -3.40.